The number of benzene rings is 4. The second kappa shape index (κ2) is 12.2. The van der Waals surface area contributed by atoms with Crippen molar-refractivity contribution < 1.29 is 27.8 Å². The van der Waals surface area contributed by atoms with Gasteiger partial charge in [-0.3, -0.25) is 9.09 Å². The SMILES string of the molecule is Cc1cc(OC[P@@]2(=O)OCC[C@@H](c3cccc(Cl)c3)O2)cc(C)c1Cc1ccc(O)c(Cc2ccc(F)cc2)c1. The van der Waals surface area contributed by atoms with Crippen LogP contribution < -0.4 is 4.74 Å². The average Bonchev–Trinajstić information content (AvgIpc) is 2.93. The van der Waals surface area contributed by atoms with Crippen molar-refractivity contribution in [2.75, 3.05) is 13.0 Å². The van der Waals surface area contributed by atoms with Gasteiger partial charge in [0, 0.05) is 17.9 Å². The molecule has 1 aliphatic rings. The molecule has 1 aliphatic heterocycles. The van der Waals surface area contributed by atoms with E-state index in [0.29, 0.717) is 36.6 Å². The number of hydrogen-bond donors (Lipinski definition) is 1. The molecule has 4 aromatic carbocycles. The molecule has 0 spiro atoms. The van der Waals surface area contributed by atoms with Gasteiger partial charge in [-0.15, -0.1) is 0 Å². The van der Waals surface area contributed by atoms with Crippen LogP contribution in [0.2, 0.25) is 5.02 Å². The average molecular weight is 581 g/mol. The Hall–Kier alpha value is -3.15. The third-order valence-corrected chi connectivity index (χ3v) is 8.90. The molecular weight excluding hydrogens is 550 g/mol. The molecule has 208 valence electrons. The molecule has 1 heterocycles. The van der Waals surface area contributed by atoms with E-state index in [1.54, 1.807) is 24.3 Å². The number of aryl methyl sites for hydroxylation is 2. The normalized spacial score (nSPS) is 18.9. The number of phenolic OH excluding ortho intramolecular Hbond substituents is 1. The van der Waals surface area contributed by atoms with Gasteiger partial charge in [0.2, 0.25) is 0 Å². The Balaban J connectivity index is 1.26. The summed E-state index contributed by atoms with van der Waals surface area (Å²) in [7, 11) is -3.46. The smallest absolute Gasteiger partial charge is 0.368 e. The van der Waals surface area contributed by atoms with Crippen LogP contribution in [-0.4, -0.2) is 18.1 Å². The Labute approximate surface area is 239 Å². The number of phenols is 1. The second-order valence-electron chi connectivity index (χ2n) is 10.1. The Morgan fingerprint density at radius 1 is 0.975 bits per heavy atom. The predicted molar refractivity (Wildman–Crippen MR) is 155 cm³/mol. The molecule has 0 radical (unpaired) electrons. The van der Waals surface area contributed by atoms with Crippen LogP contribution in [0, 0.1) is 19.7 Å². The van der Waals surface area contributed by atoms with E-state index in [9.17, 15) is 14.1 Å². The highest BCUT2D eigenvalue weighted by Crippen LogP contribution is 2.56. The zero-order chi connectivity index (χ0) is 28.3. The monoisotopic (exact) mass is 580 g/mol. The molecule has 0 saturated carbocycles. The van der Waals surface area contributed by atoms with Crippen molar-refractivity contribution in [1.29, 1.82) is 0 Å². The van der Waals surface area contributed by atoms with Crippen LogP contribution in [0.4, 0.5) is 4.39 Å². The summed E-state index contributed by atoms with van der Waals surface area (Å²) in [6.07, 6.45) is 1.20. The van der Waals surface area contributed by atoms with Gasteiger partial charge in [0.05, 0.1) is 12.7 Å². The first kappa shape index (κ1) is 28.4. The van der Waals surface area contributed by atoms with Gasteiger partial charge in [0.15, 0.2) is 6.35 Å². The van der Waals surface area contributed by atoms with Gasteiger partial charge in [-0.05, 0) is 102 Å². The lowest BCUT2D eigenvalue weighted by atomic mass is 9.93. The molecule has 4 aromatic rings. The third kappa shape index (κ3) is 6.94. The Morgan fingerprint density at radius 2 is 1.70 bits per heavy atom. The first-order valence-corrected chi connectivity index (χ1v) is 15.2. The highest BCUT2D eigenvalue weighted by atomic mass is 35.5. The highest BCUT2D eigenvalue weighted by molar-refractivity contribution is 7.53. The lowest BCUT2D eigenvalue weighted by Gasteiger charge is -2.30. The number of rotatable bonds is 8. The summed E-state index contributed by atoms with van der Waals surface area (Å²) in [5.74, 6) is 0.520. The van der Waals surface area contributed by atoms with E-state index >= 15 is 0 Å². The lowest BCUT2D eigenvalue weighted by Crippen LogP contribution is -2.17. The minimum Gasteiger partial charge on any atom is -0.508 e. The molecule has 1 fully saturated rings. The van der Waals surface area contributed by atoms with Crippen molar-refractivity contribution in [3.8, 4) is 11.5 Å². The van der Waals surface area contributed by atoms with Crippen LogP contribution in [0.25, 0.3) is 0 Å². The van der Waals surface area contributed by atoms with Gasteiger partial charge < -0.3 is 14.4 Å². The van der Waals surface area contributed by atoms with Crippen molar-refractivity contribution in [2.24, 2.45) is 0 Å². The van der Waals surface area contributed by atoms with Crippen LogP contribution in [-0.2, 0) is 26.5 Å². The zero-order valence-electron chi connectivity index (χ0n) is 22.4. The highest BCUT2D eigenvalue weighted by Gasteiger charge is 2.35. The fourth-order valence-electron chi connectivity index (χ4n) is 4.96. The molecule has 0 aliphatic carbocycles. The molecule has 1 N–H and O–H groups in total. The van der Waals surface area contributed by atoms with Crippen LogP contribution in [0.3, 0.4) is 0 Å². The molecule has 2 atom stereocenters. The predicted octanol–water partition coefficient (Wildman–Crippen LogP) is 8.69. The molecule has 0 bridgehead atoms. The summed E-state index contributed by atoms with van der Waals surface area (Å²) in [5.41, 5.74) is 6.83. The molecule has 5 nitrogen and oxygen atoms in total. The Kier molecular flexibility index (Phi) is 8.62. The molecule has 0 aromatic heterocycles. The molecule has 40 heavy (non-hydrogen) atoms. The van der Waals surface area contributed by atoms with Crippen molar-refractivity contribution >= 4 is 19.2 Å². The third-order valence-electron chi connectivity index (χ3n) is 7.07. The summed E-state index contributed by atoms with van der Waals surface area (Å²) >= 11 is 6.12. The first-order chi connectivity index (χ1) is 19.2. The largest absolute Gasteiger partial charge is 0.508 e. The zero-order valence-corrected chi connectivity index (χ0v) is 24.1. The van der Waals surface area contributed by atoms with E-state index in [-0.39, 0.29) is 24.0 Å². The van der Waals surface area contributed by atoms with Gasteiger partial charge >= 0.3 is 7.60 Å². The summed E-state index contributed by atoms with van der Waals surface area (Å²) in [6.45, 7) is 4.34. The van der Waals surface area contributed by atoms with E-state index in [1.807, 2.05) is 56.3 Å². The Bertz CT molecular complexity index is 1530. The number of ether oxygens (including phenoxy) is 1. The molecule has 8 heteroatoms. The minimum atomic E-state index is -3.46. The van der Waals surface area contributed by atoms with E-state index in [1.165, 1.54) is 12.1 Å². The molecule has 0 amide bonds. The second-order valence-corrected chi connectivity index (χ2v) is 12.5. The van der Waals surface area contributed by atoms with Crippen LogP contribution >= 0.6 is 19.2 Å². The molecule has 1 saturated heterocycles. The summed E-state index contributed by atoms with van der Waals surface area (Å²) < 4.78 is 44.0. The van der Waals surface area contributed by atoms with Gasteiger partial charge in [-0.1, -0.05) is 48.0 Å². The van der Waals surface area contributed by atoms with Crippen molar-refractivity contribution in [3.63, 3.8) is 0 Å². The van der Waals surface area contributed by atoms with Gasteiger partial charge in [0.1, 0.15) is 17.3 Å². The van der Waals surface area contributed by atoms with Gasteiger partial charge in [-0.2, -0.15) is 0 Å². The summed E-state index contributed by atoms with van der Waals surface area (Å²) in [6, 6.07) is 23.1. The maximum absolute atomic E-state index is 13.3. The van der Waals surface area contributed by atoms with Gasteiger partial charge in [-0.25, -0.2) is 4.39 Å². The van der Waals surface area contributed by atoms with E-state index in [2.05, 4.69) is 0 Å². The summed E-state index contributed by atoms with van der Waals surface area (Å²) in [4.78, 5) is 0. The molecule has 5 rings (SSSR count). The van der Waals surface area contributed by atoms with Crippen LogP contribution in [0.1, 0.15) is 51.5 Å². The maximum atomic E-state index is 13.3. The summed E-state index contributed by atoms with van der Waals surface area (Å²) in [5, 5.41) is 11.0. The number of hydrogen-bond acceptors (Lipinski definition) is 5. The molecule has 0 unspecified atom stereocenters. The standard InChI is InChI=1S/C32H31ClFO5P/c1-21-14-29(37-20-40(36)38-13-12-32(39-40)25-4-3-5-27(33)19-25)15-22(2)30(21)18-24-8-11-31(35)26(17-24)16-23-6-9-28(34)10-7-23/h3-11,14-15,17,19,32,35H,12-13,16,18,20H2,1-2H3/t32-,40+/m0/s1. The quantitative estimate of drug-likeness (QED) is 0.211. The van der Waals surface area contributed by atoms with Gasteiger partial charge in [0.25, 0.3) is 0 Å². The fourth-order valence-corrected chi connectivity index (χ4v) is 6.66. The van der Waals surface area contributed by atoms with Crippen molar-refractivity contribution in [2.45, 2.75) is 39.2 Å². The maximum Gasteiger partial charge on any atom is 0.368 e. The topological polar surface area (TPSA) is 65.0 Å². The van der Waals surface area contributed by atoms with E-state index in [4.69, 9.17) is 25.4 Å². The van der Waals surface area contributed by atoms with E-state index in [0.717, 1.165) is 38.9 Å². The van der Waals surface area contributed by atoms with Crippen molar-refractivity contribution in [3.05, 3.63) is 129 Å². The number of halogens is 2. The lowest BCUT2D eigenvalue weighted by molar-refractivity contribution is 0.0725. The molecular formula is C32H31ClFO5P. The first-order valence-electron chi connectivity index (χ1n) is 13.1. The minimum absolute atomic E-state index is 0.187. The Morgan fingerprint density at radius 3 is 2.42 bits per heavy atom. The fraction of sp³-hybridized carbons (Fsp3) is 0.250. The van der Waals surface area contributed by atoms with Crippen LogP contribution in [0.5, 0.6) is 11.5 Å². The van der Waals surface area contributed by atoms with Crippen molar-refractivity contribution in [1.82, 2.24) is 0 Å². The van der Waals surface area contributed by atoms with Crippen LogP contribution in [0.15, 0.2) is 78.9 Å². The van der Waals surface area contributed by atoms with E-state index < -0.39 is 7.60 Å². The number of aromatic hydroxyl groups is 1.